The van der Waals surface area contributed by atoms with E-state index in [1.54, 1.807) is 25.6 Å². The Labute approximate surface area is 273 Å². The molecule has 4 N–H and O–H groups in total. The van der Waals surface area contributed by atoms with E-state index in [0.29, 0.717) is 71.8 Å². The Morgan fingerprint density at radius 1 is 1.15 bits per heavy atom. The van der Waals surface area contributed by atoms with E-state index in [-0.39, 0.29) is 24.5 Å². The second kappa shape index (κ2) is 15.2. The molecule has 0 aliphatic carbocycles. The number of aliphatic hydroxyl groups excluding tert-OH is 1. The van der Waals surface area contributed by atoms with Crippen LogP contribution in [-0.4, -0.2) is 76.7 Å². The van der Waals surface area contributed by atoms with E-state index in [1.807, 2.05) is 61.3 Å². The van der Waals surface area contributed by atoms with Crippen molar-refractivity contribution in [3.63, 3.8) is 0 Å². The minimum Gasteiger partial charge on any atom is -0.481 e. The summed E-state index contributed by atoms with van der Waals surface area (Å²) < 4.78 is 5.61. The third kappa shape index (κ3) is 7.86. The molecule has 2 amide bonds. The minimum absolute atomic E-state index is 0.0787. The number of ether oxygens (including phenoxy) is 1. The summed E-state index contributed by atoms with van der Waals surface area (Å²) in [5.41, 5.74) is 6.21. The van der Waals surface area contributed by atoms with Gasteiger partial charge in [0.1, 0.15) is 5.69 Å². The number of nitrogens with zero attached hydrogens (tertiary/aromatic N) is 4. The van der Waals surface area contributed by atoms with Crippen molar-refractivity contribution < 1.29 is 19.4 Å². The van der Waals surface area contributed by atoms with Gasteiger partial charge in [0.15, 0.2) is 0 Å². The molecule has 240 valence electrons. The molecule has 46 heavy (non-hydrogen) atoms. The smallest absolute Gasteiger partial charge is 0.274 e. The van der Waals surface area contributed by atoms with Gasteiger partial charge in [-0.1, -0.05) is 35.9 Å². The van der Waals surface area contributed by atoms with Crippen molar-refractivity contribution >= 4 is 29.1 Å². The van der Waals surface area contributed by atoms with E-state index in [4.69, 9.17) is 26.4 Å². The number of aromatic nitrogens is 3. The molecule has 0 saturated carbocycles. The van der Waals surface area contributed by atoms with Crippen LogP contribution < -0.4 is 20.7 Å². The molecule has 1 unspecified atom stereocenters. The van der Waals surface area contributed by atoms with E-state index < -0.39 is 0 Å². The summed E-state index contributed by atoms with van der Waals surface area (Å²) in [7, 11) is 3.49. The van der Waals surface area contributed by atoms with Crippen LogP contribution in [0.2, 0.25) is 5.02 Å². The zero-order valence-corrected chi connectivity index (χ0v) is 26.9. The number of likely N-dealkylation sites (N-methyl/N-ethyl adjacent to an activating group) is 1. The van der Waals surface area contributed by atoms with Gasteiger partial charge in [-0.3, -0.25) is 24.5 Å². The highest BCUT2D eigenvalue weighted by Gasteiger charge is 2.21. The number of pyridine rings is 3. The van der Waals surface area contributed by atoms with Gasteiger partial charge in [-0.15, -0.1) is 0 Å². The molecule has 0 spiro atoms. The third-order valence-electron chi connectivity index (χ3n) is 7.92. The number of benzene rings is 1. The summed E-state index contributed by atoms with van der Waals surface area (Å²) in [6, 6.07) is 14.9. The van der Waals surface area contributed by atoms with Gasteiger partial charge in [0.2, 0.25) is 11.8 Å². The highest BCUT2D eigenvalue weighted by molar-refractivity contribution is 6.35. The maximum absolute atomic E-state index is 13.1. The second-order valence-electron chi connectivity index (χ2n) is 11.3. The summed E-state index contributed by atoms with van der Waals surface area (Å²) >= 11 is 6.97. The topological polar surface area (TPSA) is 142 Å². The minimum atomic E-state index is -0.331. The number of anilines is 1. The van der Waals surface area contributed by atoms with Crippen molar-refractivity contribution in [1.29, 1.82) is 0 Å². The number of carbonyl (C=O) groups excluding carboxylic acids is 2. The van der Waals surface area contributed by atoms with Crippen molar-refractivity contribution in [2.45, 2.75) is 38.9 Å². The number of carbonyl (C=O) groups is 2. The molecule has 12 heteroatoms. The Bertz CT molecular complexity index is 1700. The van der Waals surface area contributed by atoms with Crippen LogP contribution in [0.25, 0.3) is 22.5 Å². The first-order chi connectivity index (χ1) is 22.3. The quantitative estimate of drug-likeness (QED) is 0.168. The zero-order chi connectivity index (χ0) is 32.6. The number of halogens is 1. The van der Waals surface area contributed by atoms with Crippen LogP contribution in [-0.2, 0) is 17.9 Å². The van der Waals surface area contributed by atoms with Crippen molar-refractivity contribution in [3.8, 4) is 28.4 Å². The molecule has 1 saturated heterocycles. The van der Waals surface area contributed by atoms with Gasteiger partial charge in [-0.2, -0.15) is 0 Å². The van der Waals surface area contributed by atoms with Crippen LogP contribution in [0.1, 0.15) is 40.0 Å². The summed E-state index contributed by atoms with van der Waals surface area (Å²) in [5.74, 6) is 0.242. The first-order valence-corrected chi connectivity index (χ1v) is 15.5. The summed E-state index contributed by atoms with van der Waals surface area (Å²) in [4.78, 5) is 40.2. The van der Waals surface area contributed by atoms with Gasteiger partial charge in [-0.25, -0.2) is 4.98 Å². The van der Waals surface area contributed by atoms with Crippen molar-refractivity contribution in [1.82, 2.24) is 30.5 Å². The van der Waals surface area contributed by atoms with Crippen molar-refractivity contribution in [3.05, 3.63) is 88.3 Å². The number of hydrogen-bond acceptors (Lipinski definition) is 9. The number of rotatable bonds is 13. The lowest BCUT2D eigenvalue weighted by Crippen LogP contribution is -2.35. The molecule has 1 fully saturated rings. The third-order valence-corrected chi connectivity index (χ3v) is 8.30. The number of amides is 2. The Morgan fingerprint density at radius 3 is 2.72 bits per heavy atom. The van der Waals surface area contributed by atoms with Crippen LogP contribution in [0.4, 0.5) is 5.69 Å². The number of nitrogens with one attached hydrogen (secondary N) is 3. The second-order valence-corrected chi connectivity index (χ2v) is 11.6. The van der Waals surface area contributed by atoms with Gasteiger partial charge in [0.05, 0.1) is 30.1 Å². The fourth-order valence-corrected chi connectivity index (χ4v) is 5.71. The van der Waals surface area contributed by atoms with Crippen LogP contribution in [0, 0.1) is 6.92 Å². The molecule has 5 rings (SSSR count). The predicted molar refractivity (Wildman–Crippen MR) is 178 cm³/mol. The SMILES string of the molecule is COc1nc(-c2ccnc(-c3cccc(NC(=O)c4ccc(CN(C)CCO)cn4)c3C)c2Cl)ccc1CNCC1CCC(=O)N1. The van der Waals surface area contributed by atoms with Crippen LogP contribution in [0.15, 0.2) is 60.9 Å². The molecule has 0 radical (unpaired) electrons. The van der Waals surface area contributed by atoms with Crippen molar-refractivity contribution in [2.75, 3.05) is 39.2 Å². The molecule has 1 atom stereocenters. The molecule has 3 aromatic heterocycles. The Kier molecular flexibility index (Phi) is 10.9. The monoisotopic (exact) mass is 643 g/mol. The lowest BCUT2D eigenvalue weighted by atomic mass is 10.0. The molecular weight excluding hydrogens is 606 g/mol. The van der Waals surface area contributed by atoms with Gasteiger partial charge in [0, 0.05) is 73.4 Å². The van der Waals surface area contributed by atoms with E-state index in [1.165, 1.54) is 0 Å². The molecule has 1 aliphatic rings. The maximum Gasteiger partial charge on any atom is 0.274 e. The standard InChI is InChI=1S/C34H38ClN7O4/c1-21-25(5-4-6-27(21)40-33(45)29-10-7-22(17-38-29)20-42(2)15-16-43)32-31(35)26(13-14-37-32)28-11-8-23(34(41-28)46-3)18-36-19-24-9-12-30(44)39-24/h4-8,10-11,13-14,17,24,36,43H,9,12,15-16,18-20H2,1-3H3,(H,39,44)(H,40,45). The molecule has 1 aliphatic heterocycles. The summed E-state index contributed by atoms with van der Waals surface area (Å²) in [5, 5.41) is 18.8. The highest BCUT2D eigenvalue weighted by Crippen LogP contribution is 2.38. The van der Waals surface area contributed by atoms with Gasteiger partial charge < -0.3 is 25.8 Å². The lowest BCUT2D eigenvalue weighted by molar-refractivity contribution is -0.119. The van der Waals surface area contributed by atoms with E-state index in [2.05, 4.69) is 25.9 Å². The Balaban J connectivity index is 1.31. The summed E-state index contributed by atoms with van der Waals surface area (Å²) in [6.45, 7) is 4.37. The fraction of sp³-hybridized carbons (Fsp3) is 0.324. The van der Waals surface area contributed by atoms with Gasteiger partial charge >= 0.3 is 0 Å². The number of methoxy groups -OCH3 is 1. The van der Waals surface area contributed by atoms with Gasteiger partial charge in [0.25, 0.3) is 5.91 Å². The van der Waals surface area contributed by atoms with Crippen molar-refractivity contribution in [2.24, 2.45) is 0 Å². The first-order valence-electron chi connectivity index (χ1n) is 15.1. The first kappa shape index (κ1) is 33.0. The lowest BCUT2D eigenvalue weighted by Gasteiger charge is -2.16. The molecule has 0 bridgehead atoms. The molecule has 4 aromatic rings. The van der Waals surface area contributed by atoms with Crippen LogP contribution in [0.3, 0.4) is 0 Å². The van der Waals surface area contributed by atoms with E-state index in [0.717, 1.165) is 28.7 Å². The maximum atomic E-state index is 13.1. The number of aliphatic hydroxyl groups is 1. The molecule has 1 aromatic carbocycles. The van der Waals surface area contributed by atoms with E-state index in [9.17, 15) is 9.59 Å². The zero-order valence-electron chi connectivity index (χ0n) is 26.1. The Hall–Kier alpha value is -4.42. The van der Waals surface area contributed by atoms with Crippen LogP contribution in [0.5, 0.6) is 5.88 Å². The average molecular weight is 644 g/mol. The van der Waals surface area contributed by atoms with Gasteiger partial charge in [-0.05, 0) is 55.8 Å². The fourth-order valence-electron chi connectivity index (χ4n) is 5.40. The molecule has 11 nitrogen and oxygen atoms in total. The Morgan fingerprint density at radius 2 is 2.00 bits per heavy atom. The predicted octanol–water partition coefficient (Wildman–Crippen LogP) is 4.22. The van der Waals surface area contributed by atoms with E-state index >= 15 is 0 Å². The summed E-state index contributed by atoms with van der Waals surface area (Å²) in [6.07, 6.45) is 4.75. The van der Waals surface area contributed by atoms with Crippen LogP contribution >= 0.6 is 11.6 Å². The average Bonchev–Trinajstić information content (AvgIpc) is 3.47. The highest BCUT2D eigenvalue weighted by atomic mass is 35.5. The largest absolute Gasteiger partial charge is 0.481 e. The molecular formula is C34H38ClN7O4. The molecule has 4 heterocycles. The normalized spacial score (nSPS) is 14.4. The number of hydrogen-bond donors (Lipinski definition) is 4.